The Morgan fingerprint density at radius 2 is 1.79 bits per heavy atom. The van der Waals surface area contributed by atoms with Crippen LogP contribution in [0.5, 0.6) is 0 Å². The van der Waals surface area contributed by atoms with Gasteiger partial charge >= 0.3 is 13.3 Å². The molecule has 0 saturated carbocycles. The van der Waals surface area contributed by atoms with Crippen molar-refractivity contribution in [2.24, 2.45) is 5.41 Å². The molecule has 0 bridgehead atoms. The molecule has 2 aliphatic rings. The molecule has 3 amide bonds. The molecule has 17 heteroatoms. The van der Waals surface area contributed by atoms with E-state index in [0.717, 1.165) is 23.5 Å². The number of thiophene rings is 1. The molecule has 3 aromatic rings. The molecular weight excluding hydrogens is 717 g/mol. The number of nitrogens with one attached hydrogen (secondary N) is 1. The number of morpholine rings is 1. The fourth-order valence-electron chi connectivity index (χ4n) is 5.85. The number of carbonyl (C=O) groups is 3. The number of halogens is 5. The van der Waals surface area contributed by atoms with Gasteiger partial charge in [0.05, 0.1) is 23.1 Å². The summed E-state index contributed by atoms with van der Waals surface area (Å²) in [4.78, 5) is 62.7. The number of carbonyl (C=O) groups excluding carboxylic acids is 3. The summed E-state index contributed by atoms with van der Waals surface area (Å²) in [6.07, 6.45) is 0.230. The maximum atomic E-state index is 14.3. The van der Waals surface area contributed by atoms with Crippen LogP contribution < -0.4 is 5.32 Å². The molecule has 1 aromatic heterocycles. The fraction of sp³-hybridized carbons (Fsp3) is 0.452. The van der Waals surface area contributed by atoms with Gasteiger partial charge in [0.1, 0.15) is 24.0 Å². The second-order valence-corrected chi connectivity index (χ2v) is 16.4. The molecule has 0 spiro atoms. The number of rotatable bonds is 7. The summed E-state index contributed by atoms with van der Waals surface area (Å²) in [5.74, 6) is -2.11. The predicted octanol–water partition coefficient (Wildman–Crippen LogP) is 6.31. The van der Waals surface area contributed by atoms with E-state index in [4.69, 9.17) is 37.7 Å². The zero-order valence-electron chi connectivity index (χ0n) is 26.0. The third-order valence-corrected chi connectivity index (χ3v) is 11.1. The lowest BCUT2D eigenvalue weighted by Gasteiger charge is -2.38. The van der Waals surface area contributed by atoms with Gasteiger partial charge < -0.3 is 29.6 Å². The highest BCUT2D eigenvalue weighted by atomic mass is 35.5. The van der Waals surface area contributed by atoms with Crippen LogP contribution >= 0.6 is 42.1 Å². The van der Waals surface area contributed by atoms with Crippen LogP contribution in [-0.2, 0) is 24.6 Å². The van der Waals surface area contributed by atoms with E-state index in [-0.39, 0.29) is 52.5 Å². The van der Waals surface area contributed by atoms with Gasteiger partial charge in [0.25, 0.3) is 5.91 Å². The SMILES string of the molecule is CC(C)(C)[C@H](NC(=O)c1cc2cc(C(F)(F)P(=O)(O)O)ccc2s1)C(=O)N1CCC[C@H]1C(=O)N1CCOC(c2cc(F)c(Cl)cc2Cl)C1. The van der Waals surface area contributed by atoms with Crippen molar-refractivity contribution in [2.75, 3.05) is 26.2 Å². The number of alkyl halides is 2. The van der Waals surface area contributed by atoms with E-state index < -0.39 is 60.1 Å². The van der Waals surface area contributed by atoms with Gasteiger partial charge in [0, 0.05) is 33.9 Å². The Morgan fingerprint density at radius 3 is 2.46 bits per heavy atom. The number of nitrogens with zero attached hydrogens (tertiary/aromatic N) is 2. The Morgan fingerprint density at radius 1 is 1.08 bits per heavy atom. The molecule has 5 rings (SSSR count). The topological polar surface area (TPSA) is 136 Å². The number of fused-ring (bicyclic) bond motifs is 1. The molecule has 10 nitrogen and oxygen atoms in total. The second kappa shape index (κ2) is 13.5. The molecule has 2 aliphatic heterocycles. The van der Waals surface area contributed by atoms with Crippen LogP contribution in [0.1, 0.15) is 60.5 Å². The molecule has 0 radical (unpaired) electrons. The molecule has 0 aliphatic carbocycles. The average molecular weight is 751 g/mol. The summed E-state index contributed by atoms with van der Waals surface area (Å²) in [6, 6.07) is 4.94. The van der Waals surface area contributed by atoms with Gasteiger partial charge in [0.15, 0.2) is 0 Å². The fourth-order valence-corrected chi connectivity index (χ4v) is 7.77. The first kappa shape index (κ1) is 36.6. The van der Waals surface area contributed by atoms with Crippen molar-refractivity contribution in [3.8, 4) is 0 Å². The molecule has 1 unspecified atom stereocenters. The second-order valence-electron chi connectivity index (χ2n) is 12.8. The van der Waals surface area contributed by atoms with Crippen molar-refractivity contribution >= 4 is 69.9 Å². The van der Waals surface area contributed by atoms with Gasteiger partial charge in [-0.2, -0.15) is 8.78 Å². The van der Waals surface area contributed by atoms with E-state index in [1.807, 2.05) is 0 Å². The number of hydrogen-bond donors (Lipinski definition) is 3. The molecule has 3 heterocycles. The number of amides is 3. The van der Waals surface area contributed by atoms with Gasteiger partial charge in [-0.1, -0.05) is 50.0 Å². The zero-order valence-corrected chi connectivity index (χ0v) is 29.2. The normalized spacial score (nSPS) is 19.9. The van der Waals surface area contributed by atoms with Crippen molar-refractivity contribution in [1.82, 2.24) is 15.1 Å². The van der Waals surface area contributed by atoms with Crippen LogP contribution in [0, 0.1) is 11.2 Å². The average Bonchev–Trinajstić information content (AvgIpc) is 3.67. The third kappa shape index (κ3) is 7.26. The van der Waals surface area contributed by atoms with E-state index in [2.05, 4.69) is 5.32 Å². The van der Waals surface area contributed by atoms with Crippen LogP contribution in [0.15, 0.2) is 36.4 Å². The van der Waals surface area contributed by atoms with Crippen LogP contribution in [0.25, 0.3) is 10.1 Å². The number of benzene rings is 2. The molecule has 2 saturated heterocycles. The Kier molecular flexibility index (Phi) is 10.3. The van der Waals surface area contributed by atoms with Crippen molar-refractivity contribution in [2.45, 2.75) is 57.5 Å². The van der Waals surface area contributed by atoms with Crippen LogP contribution in [-0.4, -0.2) is 75.6 Å². The highest BCUT2D eigenvalue weighted by Gasteiger charge is 2.50. The quantitative estimate of drug-likeness (QED) is 0.190. The van der Waals surface area contributed by atoms with E-state index in [1.165, 1.54) is 29.2 Å². The van der Waals surface area contributed by atoms with Gasteiger partial charge in [-0.25, -0.2) is 4.39 Å². The highest BCUT2D eigenvalue weighted by Crippen LogP contribution is 2.59. The highest BCUT2D eigenvalue weighted by molar-refractivity contribution is 7.52. The molecule has 260 valence electrons. The van der Waals surface area contributed by atoms with Gasteiger partial charge in [0.2, 0.25) is 11.8 Å². The first-order valence-electron chi connectivity index (χ1n) is 14.9. The molecule has 3 N–H and O–H groups in total. The smallest absolute Gasteiger partial charge is 0.370 e. The van der Waals surface area contributed by atoms with Crippen molar-refractivity contribution in [3.63, 3.8) is 0 Å². The lowest BCUT2D eigenvalue weighted by atomic mass is 9.85. The first-order valence-corrected chi connectivity index (χ1v) is 18.1. The lowest BCUT2D eigenvalue weighted by Crippen LogP contribution is -2.58. The summed E-state index contributed by atoms with van der Waals surface area (Å²) >= 11 is 13.1. The summed E-state index contributed by atoms with van der Waals surface area (Å²) in [6.45, 7) is 6.02. The van der Waals surface area contributed by atoms with E-state index in [1.54, 1.807) is 25.7 Å². The molecular formula is C31H33Cl2F3N3O7PS. The van der Waals surface area contributed by atoms with Crippen LogP contribution in [0.3, 0.4) is 0 Å². The summed E-state index contributed by atoms with van der Waals surface area (Å²) in [5.41, 5.74) is -5.77. The van der Waals surface area contributed by atoms with Crippen LogP contribution in [0.4, 0.5) is 13.2 Å². The molecule has 3 atom stereocenters. The maximum absolute atomic E-state index is 14.3. The standard InChI is InChI=1S/C31H33Cl2F3N3O7PS/c1-30(2,3)26(37-27(40)25-12-16-11-17(6-7-24(16)48-25)31(35,36)47(43,44)45)29(42)39-8-4-5-22(39)28(41)38-9-10-46-23(15-38)18-13-21(34)20(33)14-19(18)32/h6-7,11-14,22-23,26H,4-5,8-10,15H2,1-3H3,(H,37,40)(H2,43,44,45)/t22-,23?,26+/m0/s1. The number of likely N-dealkylation sites (tertiary alicyclic amines) is 1. The minimum Gasteiger partial charge on any atom is -0.370 e. The summed E-state index contributed by atoms with van der Waals surface area (Å²) < 4.78 is 60.4. The molecule has 2 fully saturated rings. The van der Waals surface area contributed by atoms with Gasteiger partial charge in [-0.05, 0) is 54.0 Å². The monoisotopic (exact) mass is 749 g/mol. The van der Waals surface area contributed by atoms with E-state index in [0.29, 0.717) is 23.1 Å². The van der Waals surface area contributed by atoms with E-state index in [9.17, 15) is 32.1 Å². The number of ether oxygens (including phenoxy) is 1. The van der Waals surface area contributed by atoms with Crippen molar-refractivity contribution in [1.29, 1.82) is 0 Å². The number of hydrogen-bond acceptors (Lipinski definition) is 6. The lowest BCUT2D eigenvalue weighted by molar-refractivity contribution is -0.150. The largest absolute Gasteiger partial charge is 0.399 e. The van der Waals surface area contributed by atoms with Crippen molar-refractivity contribution < 1.29 is 46.6 Å². The Hall–Kier alpha value is -2.71. The predicted molar refractivity (Wildman–Crippen MR) is 175 cm³/mol. The first-order chi connectivity index (χ1) is 22.3. The van der Waals surface area contributed by atoms with Crippen molar-refractivity contribution in [3.05, 3.63) is 68.3 Å². The van der Waals surface area contributed by atoms with E-state index >= 15 is 0 Å². The van der Waals surface area contributed by atoms with Gasteiger partial charge in [-0.15, -0.1) is 11.3 Å². The summed E-state index contributed by atoms with van der Waals surface area (Å²) in [7, 11) is -5.79. The van der Waals surface area contributed by atoms with Crippen LogP contribution in [0.2, 0.25) is 10.0 Å². The Balaban J connectivity index is 1.33. The maximum Gasteiger partial charge on any atom is 0.399 e. The minimum absolute atomic E-state index is 0.0747. The van der Waals surface area contributed by atoms with Gasteiger partial charge in [-0.3, -0.25) is 18.9 Å². The summed E-state index contributed by atoms with van der Waals surface area (Å²) in [5, 5.41) is 2.99. The molecule has 48 heavy (non-hydrogen) atoms. The Labute approximate surface area is 288 Å². The zero-order chi connectivity index (χ0) is 35.3. The minimum atomic E-state index is -5.79. The third-order valence-electron chi connectivity index (χ3n) is 8.43. The Bertz CT molecular complexity index is 1820. The molecule has 2 aromatic carbocycles.